The molecule has 5 nitrogen and oxygen atoms in total. The molecule has 0 radical (unpaired) electrons. The van der Waals surface area contributed by atoms with Gasteiger partial charge in [0.1, 0.15) is 0 Å². The van der Waals surface area contributed by atoms with E-state index in [1.165, 1.54) is 30.7 Å². The van der Waals surface area contributed by atoms with Crippen molar-refractivity contribution in [3.05, 3.63) is 22.1 Å². The number of H-pyrrole nitrogens is 1. The fourth-order valence-corrected chi connectivity index (χ4v) is 3.08. The number of nitrogens with zero attached hydrogens (tertiary/aromatic N) is 1. The molecule has 1 saturated carbocycles. The maximum atomic E-state index is 12.0. The fraction of sp³-hybridized carbons (Fsp3) is 0.615. The van der Waals surface area contributed by atoms with Gasteiger partial charge in [-0.05, 0) is 26.7 Å². The van der Waals surface area contributed by atoms with Crippen molar-refractivity contribution in [2.45, 2.75) is 56.0 Å². The molecular weight excluding hydrogens is 262 g/mol. The van der Waals surface area contributed by atoms with E-state index < -0.39 is 0 Å². The summed E-state index contributed by atoms with van der Waals surface area (Å²) < 4.78 is 0. The van der Waals surface area contributed by atoms with Gasteiger partial charge in [-0.25, -0.2) is 4.98 Å². The molecule has 0 aliphatic heterocycles. The summed E-state index contributed by atoms with van der Waals surface area (Å²) >= 11 is 1.28. The van der Waals surface area contributed by atoms with Gasteiger partial charge in [0.2, 0.25) is 5.91 Å². The van der Waals surface area contributed by atoms with Crippen LogP contribution in [0.25, 0.3) is 0 Å². The van der Waals surface area contributed by atoms with E-state index in [0.717, 1.165) is 12.8 Å². The predicted molar refractivity (Wildman–Crippen MR) is 75.3 cm³/mol. The van der Waals surface area contributed by atoms with E-state index in [1.54, 1.807) is 6.92 Å². The van der Waals surface area contributed by atoms with Crippen molar-refractivity contribution >= 4 is 17.7 Å². The van der Waals surface area contributed by atoms with E-state index in [1.807, 2.05) is 6.92 Å². The molecule has 1 aromatic heterocycles. The zero-order valence-corrected chi connectivity index (χ0v) is 12.0. The highest BCUT2D eigenvalue weighted by molar-refractivity contribution is 8.00. The third kappa shape index (κ3) is 4.09. The quantitative estimate of drug-likeness (QED) is 0.649. The number of carbonyl (C=O) groups excluding carboxylic acids is 1. The molecule has 104 valence electrons. The van der Waals surface area contributed by atoms with Crippen LogP contribution in [0.3, 0.4) is 0 Å². The Balaban J connectivity index is 1.93. The van der Waals surface area contributed by atoms with Crippen molar-refractivity contribution in [3.8, 4) is 0 Å². The number of rotatable bonds is 4. The van der Waals surface area contributed by atoms with Crippen LogP contribution in [0.15, 0.2) is 16.0 Å². The minimum Gasteiger partial charge on any atom is -0.352 e. The topological polar surface area (TPSA) is 74.8 Å². The molecule has 1 aliphatic rings. The van der Waals surface area contributed by atoms with E-state index in [-0.39, 0.29) is 16.7 Å². The smallest absolute Gasteiger partial charge is 0.251 e. The first-order valence-corrected chi connectivity index (χ1v) is 7.47. The Morgan fingerprint density at radius 2 is 2.21 bits per heavy atom. The lowest BCUT2D eigenvalue weighted by Gasteiger charge is -2.15. The van der Waals surface area contributed by atoms with Gasteiger partial charge in [0.25, 0.3) is 5.56 Å². The number of hydrogen-bond acceptors (Lipinski definition) is 4. The molecule has 1 amide bonds. The largest absolute Gasteiger partial charge is 0.352 e. The molecule has 0 aromatic carbocycles. The molecule has 19 heavy (non-hydrogen) atoms. The summed E-state index contributed by atoms with van der Waals surface area (Å²) in [6.45, 7) is 3.60. The van der Waals surface area contributed by atoms with Gasteiger partial charge in [-0.1, -0.05) is 24.6 Å². The van der Waals surface area contributed by atoms with Gasteiger partial charge in [-0.15, -0.1) is 0 Å². The highest BCUT2D eigenvalue weighted by Crippen LogP contribution is 2.21. The average molecular weight is 281 g/mol. The number of aryl methyl sites for hydroxylation is 1. The number of thioether (sulfide) groups is 1. The first-order chi connectivity index (χ1) is 9.04. The van der Waals surface area contributed by atoms with Crippen LogP contribution in [0.1, 0.15) is 38.3 Å². The van der Waals surface area contributed by atoms with Gasteiger partial charge in [0.05, 0.1) is 5.25 Å². The Morgan fingerprint density at radius 1 is 1.53 bits per heavy atom. The molecule has 0 spiro atoms. The summed E-state index contributed by atoms with van der Waals surface area (Å²) in [4.78, 5) is 30.2. The zero-order chi connectivity index (χ0) is 13.8. The Kier molecular flexibility index (Phi) is 4.63. The second-order valence-electron chi connectivity index (χ2n) is 4.94. The molecule has 2 N–H and O–H groups in total. The molecule has 1 aromatic rings. The third-order valence-electron chi connectivity index (χ3n) is 3.21. The Hall–Kier alpha value is -1.30. The fourth-order valence-electron chi connectivity index (χ4n) is 2.22. The van der Waals surface area contributed by atoms with Crippen molar-refractivity contribution in [3.63, 3.8) is 0 Å². The van der Waals surface area contributed by atoms with Gasteiger partial charge in [0, 0.05) is 17.8 Å². The molecule has 1 aliphatic carbocycles. The van der Waals surface area contributed by atoms with Crippen LogP contribution in [0.4, 0.5) is 0 Å². The van der Waals surface area contributed by atoms with Crippen LogP contribution < -0.4 is 10.9 Å². The summed E-state index contributed by atoms with van der Waals surface area (Å²) in [6.07, 6.45) is 4.53. The number of aromatic amines is 1. The maximum absolute atomic E-state index is 12.0. The summed E-state index contributed by atoms with van der Waals surface area (Å²) in [5.41, 5.74) is 0.480. The van der Waals surface area contributed by atoms with Gasteiger partial charge >= 0.3 is 0 Å². The monoisotopic (exact) mass is 281 g/mol. The highest BCUT2D eigenvalue weighted by atomic mass is 32.2. The van der Waals surface area contributed by atoms with Crippen LogP contribution in [0.2, 0.25) is 0 Å². The van der Waals surface area contributed by atoms with Crippen LogP contribution in [0, 0.1) is 6.92 Å². The Bertz CT molecular complexity index is 509. The van der Waals surface area contributed by atoms with Crippen LogP contribution in [0.5, 0.6) is 0 Å². The van der Waals surface area contributed by atoms with E-state index >= 15 is 0 Å². The van der Waals surface area contributed by atoms with E-state index in [4.69, 9.17) is 0 Å². The molecule has 1 heterocycles. The summed E-state index contributed by atoms with van der Waals surface area (Å²) in [6, 6.07) is 1.76. The normalized spacial score (nSPS) is 17.4. The van der Waals surface area contributed by atoms with Crippen LogP contribution in [-0.4, -0.2) is 27.2 Å². The lowest BCUT2D eigenvalue weighted by Crippen LogP contribution is -2.37. The third-order valence-corrected chi connectivity index (χ3v) is 4.19. The average Bonchev–Trinajstić information content (AvgIpc) is 2.80. The molecule has 6 heteroatoms. The Labute approximate surface area is 116 Å². The molecular formula is C13H19N3O2S. The van der Waals surface area contributed by atoms with Gasteiger partial charge in [-0.3, -0.25) is 9.59 Å². The van der Waals surface area contributed by atoms with Crippen molar-refractivity contribution < 1.29 is 4.79 Å². The molecule has 1 atom stereocenters. The maximum Gasteiger partial charge on any atom is 0.251 e. The van der Waals surface area contributed by atoms with E-state index in [9.17, 15) is 9.59 Å². The van der Waals surface area contributed by atoms with Crippen molar-refractivity contribution in [2.75, 3.05) is 0 Å². The van der Waals surface area contributed by atoms with Gasteiger partial charge in [-0.2, -0.15) is 0 Å². The Morgan fingerprint density at radius 3 is 2.84 bits per heavy atom. The molecule has 2 rings (SSSR count). The molecule has 1 unspecified atom stereocenters. The molecule has 1 fully saturated rings. The number of carbonyl (C=O) groups is 1. The minimum absolute atomic E-state index is 0.0149. The summed E-state index contributed by atoms with van der Waals surface area (Å²) in [5, 5.41) is 3.29. The second kappa shape index (κ2) is 6.23. The second-order valence-corrected chi connectivity index (χ2v) is 6.27. The number of hydrogen-bond donors (Lipinski definition) is 2. The molecule has 0 saturated heterocycles. The predicted octanol–water partition coefficient (Wildman–Crippen LogP) is 1.62. The first kappa shape index (κ1) is 14.1. The highest BCUT2D eigenvalue weighted by Gasteiger charge is 2.21. The van der Waals surface area contributed by atoms with E-state index in [2.05, 4.69) is 15.3 Å². The van der Waals surface area contributed by atoms with Crippen LogP contribution in [-0.2, 0) is 4.79 Å². The SMILES string of the molecule is Cc1cc(=O)[nH]c(SC(C)C(=O)NC2CCCC2)n1. The lowest BCUT2D eigenvalue weighted by atomic mass is 10.2. The summed E-state index contributed by atoms with van der Waals surface area (Å²) in [5.74, 6) is 0.0149. The number of amides is 1. The lowest BCUT2D eigenvalue weighted by molar-refractivity contribution is -0.120. The first-order valence-electron chi connectivity index (χ1n) is 6.59. The number of aromatic nitrogens is 2. The standard InChI is InChI=1S/C13H19N3O2S/c1-8-7-11(17)16-13(14-8)19-9(2)12(18)15-10-5-3-4-6-10/h7,9-10H,3-6H2,1-2H3,(H,15,18)(H,14,16,17). The number of nitrogens with one attached hydrogen (secondary N) is 2. The minimum atomic E-state index is -0.259. The zero-order valence-electron chi connectivity index (χ0n) is 11.2. The summed E-state index contributed by atoms with van der Waals surface area (Å²) in [7, 11) is 0. The van der Waals surface area contributed by atoms with Crippen molar-refractivity contribution in [2.24, 2.45) is 0 Å². The van der Waals surface area contributed by atoms with Crippen molar-refractivity contribution in [1.29, 1.82) is 0 Å². The molecule has 0 bridgehead atoms. The van der Waals surface area contributed by atoms with E-state index in [0.29, 0.717) is 16.9 Å². The van der Waals surface area contributed by atoms with Crippen LogP contribution >= 0.6 is 11.8 Å². The van der Waals surface area contributed by atoms with Gasteiger partial charge in [0.15, 0.2) is 5.16 Å². The van der Waals surface area contributed by atoms with Crippen molar-refractivity contribution in [1.82, 2.24) is 15.3 Å². The van der Waals surface area contributed by atoms with Gasteiger partial charge < -0.3 is 10.3 Å².